The van der Waals surface area contributed by atoms with Gasteiger partial charge in [-0.3, -0.25) is 0 Å². The second-order valence-corrected chi connectivity index (χ2v) is 6.78. The minimum Gasteiger partial charge on any atom is -0.352 e. The zero-order valence-electron chi connectivity index (χ0n) is 15.8. The molecule has 0 bridgehead atoms. The van der Waals surface area contributed by atoms with Crippen LogP contribution < -0.4 is 10.6 Å². The van der Waals surface area contributed by atoms with Crippen molar-refractivity contribution in [2.75, 3.05) is 10.6 Å². The highest BCUT2D eigenvalue weighted by molar-refractivity contribution is 5.69. The van der Waals surface area contributed by atoms with E-state index in [-0.39, 0.29) is 6.04 Å². The molecule has 3 rings (SSSR count). The molecule has 0 unspecified atom stereocenters. The fourth-order valence-electron chi connectivity index (χ4n) is 2.66. The van der Waals surface area contributed by atoms with Crippen molar-refractivity contribution in [3.63, 3.8) is 0 Å². The predicted octanol–water partition coefficient (Wildman–Crippen LogP) is 6.03. The Balaban J connectivity index is 2.02. The molecule has 0 radical (unpaired) electrons. The second kappa shape index (κ2) is 7.88. The number of anilines is 3. The van der Waals surface area contributed by atoms with E-state index in [1.54, 1.807) is 13.0 Å². The third kappa shape index (κ3) is 4.79. The summed E-state index contributed by atoms with van der Waals surface area (Å²) in [4.78, 5) is 8.94. The van der Waals surface area contributed by atoms with E-state index in [4.69, 9.17) is 0 Å². The molecule has 7 heteroatoms. The molecule has 0 aliphatic carbocycles. The molecule has 28 heavy (non-hydrogen) atoms. The highest BCUT2D eigenvalue weighted by Gasteiger charge is 2.30. The number of hydrogen-bond acceptors (Lipinski definition) is 4. The number of rotatable bonds is 5. The lowest BCUT2D eigenvalue weighted by Crippen LogP contribution is -2.13. The molecule has 0 amide bonds. The quantitative estimate of drug-likeness (QED) is 0.562. The van der Waals surface area contributed by atoms with E-state index in [1.807, 2.05) is 44.2 Å². The maximum absolute atomic E-state index is 13.1. The number of nitrogens with zero attached hydrogens (tertiary/aromatic N) is 2. The van der Waals surface area contributed by atoms with Gasteiger partial charge < -0.3 is 10.6 Å². The van der Waals surface area contributed by atoms with Crippen molar-refractivity contribution >= 4 is 17.5 Å². The first-order valence-corrected chi connectivity index (χ1v) is 8.88. The van der Waals surface area contributed by atoms with Crippen LogP contribution in [0.5, 0.6) is 0 Å². The molecule has 3 aromatic rings. The Bertz CT molecular complexity index is 954. The molecule has 0 spiro atoms. The van der Waals surface area contributed by atoms with Gasteiger partial charge in [-0.1, -0.05) is 36.4 Å². The van der Waals surface area contributed by atoms with Crippen LogP contribution in [0.2, 0.25) is 0 Å². The number of benzene rings is 2. The van der Waals surface area contributed by atoms with Crippen LogP contribution >= 0.6 is 0 Å². The van der Waals surface area contributed by atoms with E-state index in [0.717, 1.165) is 17.7 Å². The van der Waals surface area contributed by atoms with Gasteiger partial charge in [-0.05, 0) is 38.5 Å². The molecule has 2 aromatic carbocycles. The number of alkyl halides is 3. The lowest BCUT2D eigenvalue weighted by Gasteiger charge is -2.15. The summed E-state index contributed by atoms with van der Waals surface area (Å²) in [5, 5.41) is 6.17. The van der Waals surface area contributed by atoms with Gasteiger partial charge in [-0.2, -0.15) is 18.2 Å². The van der Waals surface area contributed by atoms with Crippen LogP contribution in [0.15, 0.2) is 54.6 Å². The van der Waals surface area contributed by atoms with Crippen LogP contribution in [0, 0.1) is 6.92 Å². The molecule has 1 heterocycles. The lowest BCUT2D eigenvalue weighted by atomic mass is 10.1. The fourth-order valence-corrected chi connectivity index (χ4v) is 2.66. The van der Waals surface area contributed by atoms with Crippen LogP contribution in [0.25, 0.3) is 11.3 Å². The molecule has 0 aliphatic rings. The minimum atomic E-state index is -4.41. The topological polar surface area (TPSA) is 49.8 Å². The van der Waals surface area contributed by atoms with E-state index >= 15 is 0 Å². The molecule has 0 atom stereocenters. The summed E-state index contributed by atoms with van der Waals surface area (Å²) in [5.41, 5.74) is 1.89. The Labute approximate surface area is 161 Å². The van der Waals surface area contributed by atoms with Crippen molar-refractivity contribution in [2.45, 2.75) is 33.0 Å². The molecular weight excluding hydrogens is 365 g/mol. The number of aromatic nitrogens is 2. The van der Waals surface area contributed by atoms with Gasteiger partial charge in [0.15, 0.2) is 0 Å². The zero-order chi connectivity index (χ0) is 20.3. The lowest BCUT2D eigenvalue weighted by molar-refractivity contribution is -0.137. The van der Waals surface area contributed by atoms with Crippen LogP contribution in [-0.4, -0.2) is 16.0 Å². The minimum absolute atomic E-state index is 0.106. The van der Waals surface area contributed by atoms with Crippen LogP contribution in [0.1, 0.15) is 25.0 Å². The van der Waals surface area contributed by atoms with Gasteiger partial charge in [-0.15, -0.1) is 0 Å². The van der Waals surface area contributed by atoms with E-state index < -0.39 is 11.7 Å². The van der Waals surface area contributed by atoms with Crippen molar-refractivity contribution in [1.82, 2.24) is 9.97 Å². The maximum atomic E-state index is 13.1. The molecule has 1 aromatic heterocycles. The van der Waals surface area contributed by atoms with E-state index in [0.29, 0.717) is 28.7 Å². The summed E-state index contributed by atoms with van der Waals surface area (Å²) in [7, 11) is 0. The van der Waals surface area contributed by atoms with Gasteiger partial charge in [0.2, 0.25) is 5.95 Å². The number of nitrogens with one attached hydrogen (secondary N) is 2. The average molecular weight is 386 g/mol. The number of halogens is 3. The predicted molar refractivity (Wildman–Crippen MR) is 106 cm³/mol. The summed E-state index contributed by atoms with van der Waals surface area (Å²) >= 11 is 0. The zero-order valence-corrected chi connectivity index (χ0v) is 15.8. The highest BCUT2D eigenvalue weighted by atomic mass is 19.4. The summed E-state index contributed by atoms with van der Waals surface area (Å²) in [5.74, 6) is 0.822. The van der Waals surface area contributed by atoms with Gasteiger partial charge in [0.05, 0.1) is 11.3 Å². The third-order valence-electron chi connectivity index (χ3n) is 4.04. The van der Waals surface area contributed by atoms with Crippen LogP contribution in [0.4, 0.5) is 30.6 Å². The van der Waals surface area contributed by atoms with Crippen molar-refractivity contribution in [1.29, 1.82) is 0 Å². The van der Waals surface area contributed by atoms with Gasteiger partial charge in [-0.25, -0.2) is 4.98 Å². The van der Waals surface area contributed by atoms with Gasteiger partial charge >= 0.3 is 6.18 Å². The highest BCUT2D eigenvalue weighted by Crippen LogP contribution is 2.33. The van der Waals surface area contributed by atoms with E-state index in [1.165, 1.54) is 6.07 Å². The van der Waals surface area contributed by atoms with Crippen molar-refractivity contribution in [3.8, 4) is 11.3 Å². The second-order valence-electron chi connectivity index (χ2n) is 6.78. The van der Waals surface area contributed by atoms with E-state index in [9.17, 15) is 13.2 Å². The van der Waals surface area contributed by atoms with Crippen molar-refractivity contribution in [3.05, 3.63) is 65.7 Å². The molecular formula is C21H21F3N4. The summed E-state index contributed by atoms with van der Waals surface area (Å²) in [6.07, 6.45) is -4.41. The third-order valence-corrected chi connectivity index (χ3v) is 4.04. The molecule has 0 aliphatic heterocycles. The largest absolute Gasteiger partial charge is 0.416 e. The Morgan fingerprint density at radius 3 is 2.29 bits per heavy atom. The average Bonchev–Trinajstić information content (AvgIpc) is 2.62. The Hall–Kier alpha value is -3.09. The monoisotopic (exact) mass is 386 g/mol. The smallest absolute Gasteiger partial charge is 0.352 e. The molecule has 4 nitrogen and oxygen atoms in total. The van der Waals surface area contributed by atoms with Crippen LogP contribution in [0.3, 0.4) is 0 Å². The van der Waals surface area contributed by atoms with Crippen molar-refractivity contribution in [2.24, 2.45) is 0 Å². The Morgan fingerprint density at radius 1 is 0.929 bits per heavy atom. The van der Waals surface area contributed by atoms with Crippen molar-refractivity contribution < 1.29 is 13.2 Å². The fraction of sp³-hybridized carbons (Fsp3) is 0.238. The first-order valence-electron chi connectivity index (χ1n) is 8.88. The number of aryl methyl sites for hydroxylation is 1. The van der Waals surface area contributed by atoms with Gasteiger partial charge in [0, 0.05) is 23.4 Å². The van der Waals surface area contributed by atoms with E-state index in [2.05, 4.69) is 20.6 Å². The Kier molecular flexibility index (Phi) is 5.53. The standard InChI is InChI=1S/C21H21F3N4/c1-13(2)25-20-27-18(15-7-5-4-6-8-15)12-19(28-20)26-17-11-16(21(22,23)24)10-9-14(17)3/h4-13H,1-3H3,(H2,25,26,27,28). The molecule has 0 fully saturated rings. The SMILES string of the molecule is Cc1ccc(C(F)(F)F)cc1Nc1cc(-c2ccccc2)nc(NC(C)C)n1. The molecule has 0 saturated carbocycles. The summed E-state index contributed by atoms with van der Waals surface area (Å²) in [6.45, 7) is 5.67. The maximum Gasteiger partial charge on any atom is 0.416 e. The summed E-state index contributed by atoms with van der Waals surface area (Å²) < 4.78 is 39.2. The van der Waals surface area contributed by atoms with Crippen LogP contribution in [-0.2, 0) is 6.18 Å². The first-order chi connectivity index (χ1) is 13.2. The van der Waals surface area contributed by atoms with Gasteiger partial charge in [0.25, 0.3) is 0 Å². The van der Waals surface area contributed by atoms with Gasteiger partial charge in [0.1, 0.15) is 5.82 Å². The Morgan fingerprint density at radius 2 is 1.64 bits per heavy atom. The molecule has 0 saturated heterocycles. The number of hydrogen-bond donors (Lipinski definition) is 2. The molecule has 146 valence electrons. The normalized spacial score (nSPS) is 11.5. The molecule has 2 N–H and O–H groups in total. The summed E-state index contributed by atoms with van der Waals surface area (Å²) in [6, 6.07) is 15.0. The first kappa shape index (κ1) is 19.7.